The molecule has 3 heterocycles. The first-order valence-electron chi connectivity index (χ1n) is 8.31. The predicted molar refractivity (Wildman–Crippen MR) is 108 cm³/mol. The summed E-state index contributed by atoms with van der Waals surface area (Å²) in [6, 6.07) is 3.60. The standard InChI is InChI=1S/C18H18N4O3S2/c23-16(20-7-3-9-21-10-8-19-13-21)12-22-17(24)15(27-18(22)26)6-1-4-14-5-2-11-25-14/h1-2,4-6,8,10-11,13H,3,7,9,12H2,(H,20,23). The zero-order chi connectivity index (χ0) is 19.1. The average molecular weight is 403 g/mol. The summed E-state index contributed by atoms with van der Waals surface area (Å²) in [5.74, 6) is 0.198. The molecular formula is C18H18N4O3S2. The Balaban J connectivity index is 1.45. The van der Waals surface area contributed by atoms with Crippen molar-refractivity contribution in [2.24, 2.45) is 0 Å². The largest absolute Gasteiger partial charge is 0.465 e. The number of aromatic nitrogens is 2. The van der Waals surface area contributed by atoms with E-state index in [1.54, 1.807) is 43.1 Å². The number of hydrogen-bond donors (Lipinski definition) is 1. The number of nitrogens with zero attached hydrogens (tertiary/aromatic N) is 3. The van der Waals surface area contributed by atoms with Gasteiger partial charge in [-0.1, -0.05) is 30.1 Å². The van der Waals surface area contributed by atoms with Crippen molar-refractivity contribution in [2.45, 2.75) is 13.0 Å². The number of aryl methyl sites for hydroxylation is 1. The van der Waals surface area contributed by atoms with Crippen LogP contribution in [0.2, 0.25) is 0 Å². The van der Waals surface area contributed by atoms with Crippen LogP contribution in [-0.2, 0) is 16.1 Å². The fourth-order valence-electron chi connectivity index (χ4n) is 2.37. The molecule has 0 radical (unpaired) electrons. The highest BCUT2D eigenvalue weighted by Gasteiger charge is 2.32. The number of carbonyl (C=O) groups is 2. The van der Waals surface area contributed by atoms with E-state index in [-0.39, 0.29) is 18.4 Å². The average Bonchev–Trinajstić information content (AvgIpc) is 3.39. The van der Waals surface area contributed by atoms with Gasteiger partial charge < -0.3 is 14.3 Å². The smallest absolute Gasteiger partial charge is 0.266 e. The van der Waals surface area contributed by atoms with Gasteiger partial charge in [0.05, 0.1) is 17.5 Å². The number of imidazole rings is 1. The lowest BCUT2D eigenvalue weighted by atomic mass is 10.3. The van der Waals surface area contributed by atoms with Crippen LogP contribution in [0.4, 0.5) is 0 Å². The minimum absolute atomic E-state index is 0.0744. The Kier molecular flexibility index (Phi) is 6.61. The summed E-state index contributed by atoms with van der Waals surface area (Å²) in [4.78, 5) is 30.3. The van der Waals surface area contributed by atoms with Crippen molar-refractivity contribution < 1.29 is 14.0 Å². The molecule has 27 heavy (non-hydrogen) atoms. The van der Waals surface area contributed by atoms with Crippen LogP contribution in [0.25, 0.3) is 6.08 Å². The summed E-state index contributed by atoms with van der Waals surface area (Å²) >= 11 is 6.41. The fourth-order valence-corrected chi connectivity index (χ4v) is 3.58. The van der Waals surface area contributed by atoms with Crippen LogP contribution in [0.5, 0.6) is 0 Å². The molecule has 1 aliphatic heterocycles. The summed E-state index contributed by atoms with van der Waals surface area (Å²) in [7, 11) is 0. The number of carbonyl (C=O) groups excluding carboxylic acids is 2. The Morgan fingerprint density at radius 1 is 1.44 bits per heavy atom. The number of amides is 2. The first-order chi connectivity index (χ1) is 13.1. The van der Waals surface area contributed by atoms with Gasteiger partial charge in [0, 0.05) is 25.5 Å². The third-order valence-electron chi connectivity index (χ3n) is 3.70. The molecule has 2 amide bonds. The van der Waals surface area contributed by atoms with Gasteiger partial charge in [-0.2, -0.15) is 0 Å². The molecule has 0 atom stereocenters. The maximum Gasteiger partial charge on any atom is 0.266 e. The van der Waals surface area contributed by atoms with Crippen LogP contribution < -0.4 is 5.32 Å². The Hall–Kier alpha value is -2.65. The Morgan fingerprint density at radius 2 is 2.33 bits per heavy atom. The first-order valence-corrected chi connectivity index (χ1v) is 9.54. The van der Waals surface area contributed by atoms with Crippen molar-refractivity contribution >= 4 is 46.2 Å². The van der Waals surface area contributed by atoms with Crippen LogP contribution in [0.15, 0.2) is 58.6 Å². The number of nitrogens with one attached hydrogen (secondary N) is 1. The zero-order valence-electron chi connectivity index (χ0n) is 14.4. The van der Waals surface area contributed by atoms with Crippen molar-refractivity contribution in [3.63, 3.8) is 0 Å². The van der Waals surface area contributed by atoms with Gasteiger partial charge in [0.1, 0.15) is 16.6 Å². The molecule has 0 aromatic carbocycles. The molecule has 0 saturated carbocycles. The predicted octanol–water partition coefficient (Wildman–Crippen LogP) is 2.44. The second-order valence-electron chi connectivity index (χ2n) is 5.67. The third-order valence-corrected chi connectivity index (χ3v) is 5.10. The molecule has 0 bridgehead atoms. The van der Waals surface area contributed by atoms with Crippen LogP contribution in [0.3, 0.4) is 0 Å². The molecular weight excluding hydrogens is 384 g/mol. The van der Waals surface area contributed by atoms with Gasteiger partial charge in [0.25, 0.3) is 5.91 Å². The summed E-state index contributed by atoms with van der Waals surface area (Å²) in [5.41, 5.74) is 0. The van der Waals surface area contributed by atoms with E-state index in [9.17, 15) is 9.59 Å². The van der Waals surface area contributed by atoms with E-state index >= 15 is 0 Å². The van der Waals surface area contributed by atoms with Crippen molar-refractivity contribution in [1.29, 1.82) is 0 Å². The molecule has 1 aliphatic rings. The maximum atomic E-state index is 12.4. The number of rotatable bonds is 8. The SMILES string of the molecule is O=C(CN1C(=O)C(=CC=Cc2ccco2)SC1=S)NCCCn1ccnc1. The molecule has 0 unspecified atom stereocenters. The second kappa shape index (κ2) is 9.33. The number of allylic oxidation sites excluding steroid dienone is 2. The monoisotopic (exact) mass is 402 g/mol. The molecule has 1 N–H and O–H groups in total. The van der Waals surface area contributed by atoms with E-state index in [0.717, 1.165) is 13.0 Å². The number of furan rings is 1. The minimum Gasteiger partial charge on any atom is -0.465 e. The van der Waals surface area contributed by atoms with E-state index in [1.807, 2.05) is 16.8 Å². The third kappa shape index (κ3) is 5.41. The molecule has 1 fully saturated rings. The number of thioether (sulfide) groups is 1. The number of hydrogen-bond acceptors (Lipinski definition) is 6. The number of thiocarbonyl (C=S) groups is 1. The van der Waals surface area contributed by atoms with E-state index in [0.29, 0.717) is 21.5 Å². The van der Waals surface area contributed by atoms with E-state index in [1.165, 1.54) is 16.7 Å². The highest BCUT2D eigenvalue weighted by atomic mass is 32.2. The van der Waals surface area contributed by atoms with Crippen LogP contribution in [0, 0.1) is 0 Å². The lowest BCUT2D eigenvalue weighted by molar-refractivity contribution is -0.128. The molecule has 7 nitrogen and oxygen atoms in total. The van der Waals surface area contributed by atoms with E-state index < -0.39 is 0 Å². The normalized spacial score (nSPS) is 16.0. The molecule has 140 valence electrons. The maximum absolute atomic E-state index is 12.4. The van der Waals surface area contributed by atoms with Gasteiger partial charge in [-0.05, 0) is 30.7 Å². The quantitative estimate of drug-likeness (QED) is 0.415. The Morgan fingerprint density at radius 3 is 3.07 bits per heavy atom. The zero-order valence-corrected chi connectivity index (χ0v) is 16.0. The highest BCUT2D eigenvalue weighted by Crippen LogP contribution is 2.30. The molecule has 0 aliphatic carbocycles. The summed E-state index contributed by atoms with van der Waals surface area (Å²) in [6.07, 6.45) is 12.8. The molecule has 3 rings (SSSR count). The van der Waals surface area contributed by atoms with Crippen molar-refractivity contribution in [1.82, 2.24) is 19.8 Å². The topological polar surface area (TPSA) is 80.4 Å². The van der Waals surface area contributed by atoms with E-state index in [4.69, 9.17) is 16.6 Å². The van der Waals surface area contributed by atoms with Crippen LogP contribution in [-0.4, -0.2) is 43.7 Å². The van der Waals surface area contributed by atoms with Gasteiger partial charge in [-0.25, -0.2) is 4.98 Å². The lowest BCUT2D eigenvalue weighted by Crippen LogP contribution is -2.39. The van der Waals surface area contributed by atoms with Crippen molar-refractivity contribution in [3.8, 4) is 0 Å². The molecule has 2 aromatic rings. The summed E-state index contributed by atoms with van der Waals surface area (Å²) in [6.45, 7) is 1.22. The van der Waals surface area contributed by atoms with Crippen molar-refractivity contribution in [2.75, 3.05) is 13.1 Å². The molecule has 0 spiro atoms. The van der Waals surface area contributed by atoms with Gasteiger partial charge in [-0.3, -0.25) is 14.5 Å². The van der Waals surface area contributed by atoms with Crippen molar-refractivity contribution in [3.05, 3.63) is 59.9 Å². The van der Waals surface area contributed by atoms with E-state index in [2.05, 4.69) is 10.3 Å². The summed E-state index contributed by atoms with van der Waals surface area (Å²) < 4.78 is 7.51. The van der Waals surface area contributed by atoms with Gasteiger partial charge in [0.15, 0.2) is 0 Å². The van der Waals surface area contributed by atoms with Gasteiger partial charge >= 0.3 is 0 Å². The molecule has 2 aromatic heterocycles. The highest BCUT2D eigenvalue weighted by molar-refractivity contribution is 8.26. The van der Waals surface area contributed by atoms with Crippen LogP contribution in [0.1, 0.15) is 12.2 Å². The van der Waals surface area contributed by atoms with Gasteiger partial charge in [0.2, 0.25) is 5.91 Å². The minimum atomic E-state index is -0.261. The first kappa shape index (κ1) is 19.1. The van der Waals surface area contributed by atoms with Crippen LogP contribution >= 0.6 is 24.0 Å². The molecule has 9 heteroatoms. The second-order valence-corrected chi connectivity index (χ2v) is 7.34. The Labute approximate surface area is 166 Å². The van der Waals surface area contributed by atoms with Gasteiger partial charge in [-0.15, -0.1) is 0 Å². The molecule has 1 saturated heterocycles. The fraction of sp³-hybridized carbons (Fsp3) is 0.222. The lowest BCUT2D eigenvalue weighted by Gasteiger charge is -2.14. The summed E-state index contributed by atoms with van der Waals surface area (Å²) in [5, 5.41) is 2.81. The Bertz CT molecular complexity index is 857.